The molecule has 1 saturated carbocycles. The zero-order valence-corrected chi connectivity index (χ0v) is 69.9. The molecule has 4 aromatic carbocycles. The highest BCUT2D eigenvalue weighted by Crippen LogP contribution is 2.38. The van der Waals surface area contributed by atoms with Crippen molar-refractivity contribution in [2.75, 3.05) is 107 Å². The summed E-state index contributed by atoms with van der Waals surface area (Å²) >= 11 is 0. The van der Waals surface area contributed by atoms with Gasteiger partial charge in [0, 0.05) is 168 Å². The molecule has 14 aromatic rings. The third kappa shape index (κ3) is 20.6. The van der Waals surface area contributed by atoms with Crippen molar-refractivity contribution in [2.45, 2.75) is 109 Å². The molecule has 28 nitrogen and oxygen atoms in total. The summed E-state index contributed by atoms with van der Waals surface area (Å²) < 4.78 is 104. The number of nitrogens with zero attached hydrogens (tertiary/aromatic N) is 15. The molecule has 646 valence electrons. The summed E-state index contributed by atoms with van der Waals surface area (Å²) in [6, 6.07) is 29.2. The normalized spacial score (nSPS) is 16.9. The van der Waals surface area contributed by atoms with Crippen LogP contribution in [-0.4, -0.2) is 183 Å². The first-order valence-electron chi connectivity index (χ1n) is 42.5. The average Bonchev–Trinajstić information content (AvgIpc) is 1.67. The van der Waals surface area contributed by atoms with Crippen LogP contribution >= 0.6 is 0 Å². The Morgan fingerprint density at radius 2 is 0.824 bits per heavy atom. The topological polar surface area (TPSA) is 293 Å². The van der Waals surface area contributed by atoms with Crippen LogP contribution in [0.25, 0.3) is 56.0 Å². The molecule has 5 atom stereocenters. The summed E-state index contributed by atoms with van der Waals surface area (Å²) in [4.78, 5) is 35.9. The molecule has 0 radical (unpaired) electrons. The van der Waals surface area contributed by atoms with Crippen LogP contribution < -0.4 is 40.2 Å². The number of aromatic nitrogens is 14. The maximum absolute atomic E-state index is 14.1. The number of fused-ring (bicyclic) bond motifs is 4. The Balaban J connectivity index is 0.000000118. The van der Waals surface area contributed by atoms with Gasteiger partial charge < -0.3 is 64.4 Å². The zero-order valence-electron chi connectivity index (χ0n) is 69.9. The molecule has 32 heteroatoms. The number of anilines is 4. The van der Waals surface area contributed by atoms with Crippen molar-refractivity contribution in [3.8, 4) is 45.3 Å². The van der Waals surface area contributed by atoms with Gasteiger partial charge in [-0.1, -0.05) is 12.2 Å². The summed E-state index contributed by atoms with van der Waals surface area (Å²) in [6.07, 6.45) is 37.5. The summed E-state index contributed by atoms with van der Waals surface area (Å²) in [5.74, 6) is 4.78. The third-order valence-corrected chi connectivity index (χ3v) is 22.8. The Bertz CT molecular complexity index is 6120. The summed E-state index contributed by atoms with van der Waals surface area (Å²) in [6.45, 7) is 17.3. The van der Waals surface area contributed by atoms with E-state index < -0.39 is 0 Å². The van der Waals surface area contributed by atoms with Gasteiger partial charge in [-0.15, -0.1) is 0 Å². The van der Waals surface area contributed by atoms with Crippen LogP contribution in [0.3, 0.4) is 0 Å². The number of allylic oxidation sites excluding steroid dienone is 2. The Kier molecular flexibility index (Phi) is 26.5. The minimum atomic E-state index is -0.303. The number of morpholine rings is 1. The second-order valence-electron chi connectivity index (χ2n) is 31.6. The highest BCUT2D eigenvalue weighted by Gasteiger charge is 2.27. The molecule has 1 aliphatic carbocycles. The van der Waals surface area contributed by atoms with Gasteiger partial charge in [0.05, 0.1) is 101 Å². The van der Waals surface area contributed by atoms with Gasteiger partial charge in [-0.05, 0) is 181 Å². The molecule has 0 bridgehead atoms. The number of aromatic amines is 2. The summed E-state index contributed by atoms with van der Waals surface area (Å²) in [5.41, 5.74) is 13.9. The fourth-order valence-electron chi connectivity index (χ4n) is 16.0. The van der Waals surface area contributed by atoms with Crippen LogP contribution in [0, 0.1) is 29.2 Å². The zero-order chi connectivity index (χ0) is 85.5. The van der Waals surface area contributed by atoms with Crippen molar-refractivity contribution in [1.29, 1.82) is 0 Å². The number of H-pyrrole nitrogens is 2. The van der Waals surface area contributed by atoms with E-state index in [0.29, 0.717) is 86.0 Å². The minimum Gasteiger partial charge on any atom is -0.493 e. The first-order valence-corrected chi connectivity index (χ1v) is 42.5. The van der Waals surface area contributed by atoms with E-state index in [2.05, 4.69) is 78.7 Å². The second-order valence-corrected chi connectivity index (χ2v) is 31.6. The number of halogens is 4. The quantitative estimate of drug-likeness (QED) is 0.0261. The highest BCUT2D eigenvalue weighted by molar-refractivity contribution is 6.14. The molecule has 0 amide bonds. The molecule has 0 spiro atoms. The number of hydrogen-bond acceptors (Lipinski definition) is 22. The van der Waals surface area contributed by atoms with Crippen LogP contribution in [0.15, 0.2) is 206 Å². The van der Waals surface area contributed by atoms with Crippen molar-refractivity contribution in [3.63, 3.8) is 0 Å². The van der Waals surface area contributed by atoms with Crippen molar-refractivity contribution in [1.82, 2.24) is 73.3 Å². The second kappa shape index (κ2) is 39.5. The van der Waals surface area contributed by atoms with E-state index in [4.69, 9.17) is 53.1 Å². The molecular weight excluding hydrogens is 1600 g/mol. The van der Waals surface area contributed by atoms with E-state index in [1.165, 1.54) is 55.3 Å². The smallest absolute Gasteiger partial charge is 0.165 e. The van der Waals surface area contributed by atoms with Gasteiger partial charge in [-0.25, -0.2) is 55.6 Å². The first kappa shape index (κ1) is 83.9. The molecule has 5 aliphatic heterocycles. The third-order valence-electron chi connectivity index (χ3n) is 22.8. The van der Waals surface area contributed by atoms with Crippen molar-refractivity contribution in [2.24, 2.45) is 15.9 Å². The molecule has 5 unspecified atom stereocenters. The predicted octanol–water partition coefficient (Wildman–Crippen LogP) is 17.1. The molecule has 10 aromatic heterocycles. The number of aliphatic imine (C=N–C) groups is 2. The Morgan fingerprint density at radius 3 is 1.23 bits per heavy atom. The molecule has 20 rings (SSSR count). The number of hydrogen-bond donors (Lipinski definition) is 6. The monoisotopic (exact) mass is 1700 g/mol. The minimum absolute atomic E-state index is 0.00779. The molecular formula is C93H99F4N21O7. The van der Waals surface area contributed by atoms with Crippen LogP contribution in [0.4, 0.5) is 40.8 Å². The van der Waals surface area contributed by atoms with E-state index in [1.807, 2.05) is 126 Å². The predicted molar refractivity (Wildman–Crippen MR) is 472 cm³/mol. The summed E-state index contributed by atoms with van der Waals surface area (Å²) in [7, 11) is 0. The average molecular weight is 1700 g/mol. The van der Waals surface area contributed by atoms with Crippen LogP contribution in [0.1, 0.15) is 130 Å². The molecule has 3 saturated heterocycles. The Labute approximate surface area is 719 Å². The molecule has 125 heavy (non-hydrogen) atoms. The number of nitrogens with one attached hydrogen (secondary N) is 6. The molecule has 15 heterocycles. The van der Waals surface area contributed by atoms with E-state index >= 15 is 0 Å². The van der Waals surface area contributed by atoms with Gasteiger partial charge >= 0.3 is 0 Å². The first-order chi connectivity index (χ1) is 61.2. The fraction of sp³-hybridized carbons (Fsp3) is 0.333. The largest absolute Gasteiger partial charge is 0.493 e. The number of ether oxygens (including phenoxy) is 7. The standard InChI is InChI=1S/C24H27FN6O2.C24H26FN5O2.C23H24FN5O.C22H22FN5O2/c1-17(20-14-19(25)2-3-22(20)33-13-10-30-8-11-32-12-9-30)28-23-5-7-31-24(29-23)21(16-27-31)18-4-6-26-15-18;1-16(20-12-19(25)2-3-22(20)32-15-17-6-10-31-11-7-17)28-23-5-9-30-24(29-23)21(14-27-30)18-4-8-26-13-18;1-15(19-12-17(24)6-7-21(19)30-18-4-2-3-5-18)27-22-9-11-29-23(28-22)20(14-26-29)16-8-10-25-13-16;1-14(18-10-16(23)2-3-20(18)30-17-6-9-29-13-17)26-21-5-8-28-22(27-21)19(12-25-28)15-4-7-24-11-15/h2-5,7,14-17H,6,8-13H2,1H3,(H,28,29);2-5,8-9,12-14,16-17,26H,6-7,10-11,15H2,1H3,(H,28,29);6-9,11-15,18H,2-5,10H2,1H3,(H,27,28);2-5,7-8,10-12,14,17,24H,6,9,13H2,1H3,(H,26,27). The number of rotatable bonds is 27. The van der Waals surface area contributed by atoms with Gasteiger partial charge in [0.25, 0.3) is 0 Å². The lowest BCUT2D eigenvalue weighted by Crippen LogP contribution is -2.38. The number of benzene rings is 4. The molecule has 6 N–H and O–H groups in total. The van der Waals surface area contributed by atoms with Gasteiger partial charge in [-0.2, -0.15) is 20.4 Å². The molecule has 6 aliphatic rings. The lowest BCUT2D eigenvalue weighted by Gasteiger charge is -2.26. The van der Waals surface area contributed by atoms with Crippen LogP contribution in [0.2, 0.25) is 0 Å². The maximum atomic E-state index is 14.1. The fourth-order valence-corrected chi connectivity index (χ4v) is 16.0. The van der Waals surface area contributed by atoms with Gasteiger partial charge in [0.1, 0.15) is 82.2 Å². The van der Waals surface area contributed by atoms with Crippen molar-refractivity contribution >= 4 is 69.4 Å². The lowest BCUT2D eigenvalue weighted by atomic mass is 10.0. The van der Waals surface area contributed by atoms with Crippen molar-refractivity contribution in [3.05, 3.63) is 252 Å². The van der Waals surface area contributed by atoms with Crippen molar-refractivity contribution < 1.29 is 50.7 Å². The Hall–Kier alpha value is -13.3. The summed E-state index contributed by atoms with van der Waals surface area (Å²) in [5, 5.41) is 31.1. The van der Waals surface area contributed by atoms with E-state index in [-0.39, 0.29) is 59.6 Å². The Morgan fingerprint density at radius 1 is 0.432 bits per heavy atom. The lowest BCUT2D eigenvalue weighted by molar-refractivity contribution is 0.0322. The van der Waals surface area contributed by atoms with Crippen LogP contribution in [-0.2, 0) is 14.2 Å². The SMILES string of the molecule is CC(Nc1ccn2ncc(-c3cc[nH]c3)c2n1)c1cc(F)ccc1OC1CCOC1.CC(Nc1ccn2ncc(-c3cc[nH]c3)c2n1)c1cc(F)ccc1OCC1CCOCC1.CC(Nc1ccn2ncc(C3=CCN=C3)c2n1)c1cc(F)ccc1OC1CCCC1.CC(Nc1ccn2ncc(C3=CCN=C3)c2n1)c1cc(F)ccc1OCCN1CCOCC1. The van der Waals surface area contributed by atoms with Gasteiger partial charge in [-0.3, -0.25) is 14.9 Å². The molecule has 4 fully saturated rings. The maximum Gasteiger partial charge on any atom is 0.165 e. The highest BCUT2D eigenvalue weighted by atomic mass is 19.1. The van der Waals surface area contributed by atoms with Crippen LogP contribution in [0.5, 0.6) is 23.0 Å². The van der Waals surface area contributed by atoms with E-state index in [0.717, 1.165) is 173 Å². The van der Waals surface area contributed by atoms with E-state index in [9.17, 15) is 17.6 Å². The van der Waals surface area contributed by atoms with Gasteiger partial charge in [0.2, 0.25) is 0 Å². The van der Waals surface area contributed by atoms with Gasteiger partial charge in [0.15, 0.2) is 22.6 Å². The van der Waals surface area contributed by atoms with E-state index in [1.54, 1.807) is 73.2 Å².